The molecular weight excluding hydrogens is 228 g/mol. The highest BCUT2D eigenvalue weighted by molar-refractivity contribution is 7.18. The quantitative estimate of drug-likeness (QED) is 0.844. The van der Waals surface area contributed by atoms with Crippen LogP contribution < -0.4 is 5.32 Å². The Morgan fingerprint density at radius 3 is 2.82 bits per heavy atom. The molecule has 1 aromatic carbocycles. The molecule has 92 valence electrons. The summed E-state index contributed by atoms with van der Waals surface area (Å²) >= 11 is 1.83. The first-order valence-corrected chi connectivity index (χ1v) is 7.23. The fourth-order valence-electron chi connectivity index (χ4n) is 2.06. The van der Waals surface area contributed by atoms with Gasteiger partial charge in [0, 0.05) is 12.5 Å². The molecule has 0 amide bonds. The van der Waals surface area contributed by atoms with E-state index in [-0.39, 0.29) is 0 Å². The van der Waals surface area contributed by atoms with E-state index >= 15 is 0 Å². The van der Waals surface area contributed by atoms with Gasteiger partial charge in [-0.05, 0) is 31.5 Å². The Labute approximate surface area is 107 Å². The van der Waals surface area contributed by atoms with Gasteiger partial charge in [-0.1, -0.05) is 26.0 Å². The maximum atomic E-state index is 4.67. The molecule has 2 rings (SSSR count). The molecule has 1 atom stereocenters. The van der Waals surface area contributed by atoms with Crippen LogP contribution in [-0.4, -0.2) is 17.6 Å². The zero-order valence-electron chi connectivity index (χ0n) is 10.6. The van der Waals surface area contributed by atoms with E-state index in [9.17, 15) is 0 Å². The maximum Gasteiger partial charge on any atom is 0.0939 e. The number of hydrogen-bond donors (Lipinski definition) is 1. The Balaban J connectivity index is 1.98. The number of benzene rings is 1. The van der Waals surface area contributed by atoms with Gasteiger partial charge in [-0.15, -0.1) is 11.3 Å². The topological polar surface area (TPSA) is 24.9 Å². The smallest absolute Gasteiger partial charge is 0.0939 e. The Bertz CT molecular complexity index is 431. The third-order valence-corrected chi connectivity index (χ3v) is 4.13. The van der Waals surface area contributed by atoms with Crippen molar-refractivity contribution in [1.82, 2.24) is 10.3 Å². The van der Waals surface area contributed by atoms with Crippen molar-refractivity contribution in [3.05, 3.63) is 29.3 Å². The molecule has 17 heavy (non-hydrogen) atoms. The standard InChI is InChI=1S/C14H20N2S/c1-3-11(15-4-2)9-10-14-16-12-7-5-6-8-13(12)17-14/h5-8,11,15H,3-4,9-10H2,1-2H3. The lowest BCUT2D eigenvalue weighted by atomic mass is 10.1. The number of aryl methyl sites for hydroxylation is 1. The lowest BCUT2D eigenvalue weighted by molar-refractivity contribution is 0.481. The van der Waals surface area contributed by atoms with E-state index in [1.54, 1.807) is 0 Å². The number of aromatic nitrogens is 1. The van der Waals surface area contributed by atoms with E-state index in [0.717, 1.165) is 18.5 Å². The Kier molecular flexibility index (Phi) is 4.51. The van der Waals surface area contributed by atoms with Crippen molar-refractivity contribution in [2.24, 2.45) is 0 Å². The molecule has 1 aromatic heterocycles. The van der Waals surface area contributed by atoms with Gasteiger partial charge in [0.15, 0.2) is 0 Å². The molecule has 0 aliphatic rings. The summed E-state index contributed by atoms with van der Waals surface area (Å²) in [5, 5.41) is 4.78. The first-order chi connectivity index (χ1) is 8.33. The van der Waals surface area contributed by atoms with E-state index in [4.69, 9.17) is 0 Å². The van der Waals surface area contributed by atoms with Crippen LogP contribution in [0.4, 0.5) is 0 Å². The molecule has 0 radical (unpaired) electrons. The van der Waals surface area contributed by atoms with Crippen molar-refractivity contribution in [2.75, 3.05) is 6.54 Å². The maximum absolute atomic E-state index is 4.67. The number of hydrogen-bond acceptors (Lipinski definition) is 3. The number of nitrogens with zero attached hydrogens (tertiary/aromatic N) is 1. The zero-order chi connectivity index (χ0) is 12.1. The van der Waals surface area contributed by atoms with Gasteiger partial charge >= 0.3 is 0 Å². The molecule has 0 aliphatic carbocycles. The van der Waals surface area contributed by atoms with Crippen molar-refractivity contribution in [3.8, 4) is 0 Å². The fraction of sp³-hybridized carbons (Fsp3) is 0.500. The van der Waals surface area contributed by atoms with Gasteiger partial charge in [-0.25, -0.2) is 4.98 Å². The number of fused-ring (bicyclic) bond motifs is 1. The van der Waals surface area contributed by atoms with Gasteiger partial charge in [-0.2, -0.15) is 0 Å². The molecule has 3 heteroatoms. The predicted molar refractivity (Wildman–Crippen MR) is 75.7 cm³/mol. The second-order valence-electron chi connectivity index (χ2n) is 4.28. The third kappa shape index (κ3) is 3.27. The normalized spacial score (nSPS) is 13.1. The highest BCUT2D eigenvalue weighted by atomic mass is 32.1. The second kappa shape index (κ2) is 6.12. The van der Waals surface area contributed by atoms with Crippen molar-refractivity contribution in [1.29, 1.82) is 0 Å². The monoisotopic (exact) mass is 248 g/mol. The minimum Gasteiger partial charge on any atom is -0.314 e. The summed E-state index contributed by atoms with van der Waals surface area (Å²) in [5.74, 6) is 0. The molecule has 0 bridgehead atoms. The van der Waals surface area contributed by atoms with Crippen LogP contribution in [0.25, 0.3) is 10.2 Å². The van der Waals surface area contributed by atoms with Gasteiger partial charge in [0.25, 0.3) is 0 Å². The summed E-state index contributed by atoms with van der Waals surface area (Å²) < 4.78 is 1.30. The van der Waals surface area contributed by atoms with Crippen molar-refractivity contribution >= 4 is 21.6 Å². The van der Waals surface area contributed by atoms with E-state index in [1.165, 1.54) is 22.5 Å². The molecule has 0 saturated carbocycles. The first-order valence-electron chi connectivity index (χ1n) is 6.41. The van der Waals surface area contributed by atoms with Crippen LogP contribution in [-0.2, 0) is 6.42 Å². The van der Waals surface area contributed by atoms with E-state index in [2.05, 4.69) is 48.4 Å². The van der Waals surface area contributed by atoms with Gasteiger partial charge in [0.2, 0.25) is 0 Å². The molecule has 1 N–H and O–H groups in total. The molecule has 2 aromatic rings. The summed E-state index contributed by atoms with van der Waals surface area (Å²) in [7, 11) is 0. The summed E-state index contributed by atoms with van der Waals surface area (Å²) in [6.07, 6.45) is 3.47. The number of rotatable bonds is 6. The molecular formula is C14H20N2S. The van der Waals surface area contributed by atoms with Gasteiger partial charge in [0.05, 0.1) is 15.2 Å². The largest absolute Gasteiger partial charge is 0.314 e. The highest BCUT2D eigenvalue weighted by Gasteiger charge is 2.07. The van der Waals surface area contributed by atoms with Crippen LogP contribution >= 0.6 is 11.3 Å². The van der Waals surface area contributed by atoms with Gasteiger partial charge < -0.3 is 5.32 Å². The Hall–Kier alpha value is -0.930. The third-order valence-electron chi connectivity index (χ3n) is 3.03. The Morgan fingerprint density at radius 1 is 1.29 bits per heavy atom. The van der Waals surface area contributed by atoms with Crippen molar-refractivity contribution in [2.45, 2.75) is 39.2 Å². The Morgan fingerprint density at radius 2 is 2.12 bits per heavy atom. The number of nitrogens with one attached hydrogen (secondary N) is 1. The van der Waals surface area contributed by atoms with Crippen LogP contribution in [0.3, 0.4) is 0 Å². The number of para-hydroxylation sites is 1. The number of thiazole rings is 1. The summed E-state index contributed by atoms with van der Waals surface area (Å²) in [4.78, 5) is 4.67. The van der Waals surface area contributed by atoms with E-state index in [0.29, 0.717) is 6.04 Å². The fourth-order valence-corrected chi connectivity index (χ4v) is 3.05. The van der Waals surface area contributed by atoms with Gasteiger partial charge in [0.1, 0.15) is 0 Å². The van der Waals surface area contributed by atoms with Crippen LogP contribution in [0, 0.1) is 0 Å². The van der Waals surface area contributed by atoms with Crippen molar-refractivity contribution < 1.29 is 0 Å². The van der Waals surface area contributed by atoms with E-state index < -0.39 is 0 Å². The van der Waals surface area contributed by atoms with Crippen LogP contribution in [0.1, 0.15) is 31.7 Å². The molecule has 1 heterocycles. The summed E-state index contributed by atoms with van der Waals surface area (Å²) in [5.41, 5.74) is 1.14. The molecule has 1 unspecified atom stereocenters. The summed E-state index contributed by atoms with van der Waals surface area (Å²) in [6, 6.07) is 9.01. The summed E-state index contributed by atoms with van der Waals surface area (Å²) in [6.45, 7) is 5.46. The minimum atomic E-state index is 0.631. The molecule has 0 saturated heterocycles. The second-order valence-corrected chi connectivity index (χ2v) is 5.39. The van der Waals surface area contributed by atoms with Gasteiger partial charge in [-0.3, -0.25) is 0 Å². The van der Waals surface area contributed by atoms with Crippen molar-refractivity contribution in [3.63, 3.8) is 0 Å². The lowest BCUT2D eigenvalue weighted by Gasteiger charge is -2.14. The average molecular weight is 248 g/mol. The SMILES string of the molecule is CCNC(CC)CCc1nc2ccccc2s1. The van der Waals surface area contributed by atoms with Crippen LogP contribution in [0.2, 0.25) is 0 Å². The lowest BCUT2D eigenvalue weighted by Crippen LogP contribution is -2.28. The first kappa shape index (κ1) is 12.5. The minimum absolute atomic E-state index is 0.631. The molecule has 2 nitrogen and oxygen atoms in total. The highest BCUT2D eigenvalue weighted by Crippen LogP contribution is 2.22. The van der Waals surface area contributed by atoms with E-state index in [1.807, 2.05) is 11.3 Å². The molecule has 0 fully saturated rings. The molecule has 0 spiro atoms. The predicted octanol–water partition coefficient (Wildman–Crippen LogP) is 3.62. The average Bonchev–Trinajstić information content (AvgIpc) is 2.77. The zero-order valence-corrected chi connectivity index (χ0v) is 11.4. The molecule has 0 aliphatic heterocycles. The van der Waals surface area contributed by atoms with Crippen LogP contribution in [0.5, 0.6) is 0 Å². The van der Waals surface area contributed by atoms with Crippen LogP contribution in [0.15, 0.2) is 24.3 Å².